The summed E-state index contributed by atoms with van der Waals surface area (Å²) in [6.45, 7) is -0.643. The average Bonchev–Trinajstić information content (AvgIpc) is 3.10. The standard InChI is InChI=1S/C17H17F3N4O6/c1-23-13-12(14(26)24(5-6-25)16(23)27)21-15(22-13)29-8-7-28-10-3-2-4-11(9-10)30-17(18,19)20/h2-4,9,25H,5-8H2,1H3,(H,21,22). The minimum absolute atomic E-state index is 0.0264. The molecule has 0 amide bonds. The molecule has 0 fully saturated rings. The maximum atomic E-state index is 12.3. The number of aliphatic hydroxyl groups is 1. The highest BCUT2D eigenvalue weighted by atomic mass is 19.4. The lowest BCUT2D eigenvalue weighted by molar-refractivity contribution is -0.274. The molecule has 0 aliphatic rings. The molecule has 0 saturated carbocycles. The van der Waals surface area contributed by atoms with E-state index in [4.69, 9.17) is 14.6 Å². The van der Waals surface area contributed by atoms with Gasteiger partial charge in [-0.15, -0.1) is 13.2 Å². The quantitative estimate of drug-likeness (QED) is 0.507. The van der Waals surface area contributed by atoms with Crippen LogP contribution in [0.5, 0.6) is 17.5 Å². The van der Waals surface area contributed by atoms with Gasteiger partial charge in [-0.25, -0.2) is 4.79 Å². The van der Waals surface area contributed by atoms with E-state index in [1.165, 1.54) is 19.2 Å². The van der Waals surface area contributed by atoms with E-state index in [0.29, 0.717) is 0 Å². The zero-order chi connectivity index (χ0) is 21.9. The number of nitrogens with zero attached hydrogens (tertiary/aromatic N) is 3. The summed E-state index contributed by atoms with van der Waals surface area (Å²) >= 11 is 0. The predicted molar refractivity (Wildman–Crippen MR) is 96.8 cm³/mol. The van der Waals surface area contributed by atoms with Crippen molar-refractivity contribution in [2.75, 3.05) is 19.8 Å². The maximum Gasteiger partial charge on any atom is 0.573 e. The van der Waals surface area contributed by atoms with Crippen molar-refractivity contribution in [3.05, 3.63) is 45.1 Å². The number of hydrogen-bond acceptors (Lipinski definition) is 7. The van der Waals surface area contributed by atoms with Crippen molar-refractivity contribution in [3.8, 4) is 17.5 Å². The first-order valence-electron chi connectivity index (χ1n) is 8.61. The van der Waals surface area contributed by atoms with Crippen LogP contribution in [-0.4, -0.2) is 50.4 Å². The zero-order valence-electron chi connectivity index (χ0n) is 15.6. The molecule has 0 atom stereocenters. The largest absolute Gasteiger partial charge is 0.573 e. The van der Waals surface area contributed by atoms with Gasteiger partial charge < -0.3 is 24.3 Å². The molecule has 0 radical (unpaired) electrons. The minimum Gasteiger partial charge on any atom is -0.490 e. The van der Waals surface area contributed by atoms with Crippen LogP contribution in [0.2, 0.25) is 0 Å². The zero-order valence-corrected chi connectivity index (χ0v) is 15.6. The third-order valence-corrected chi connectivity index (χ3v) is 3.91. The molecule has 162 valence electrons. The van der Waals surface area contributed by atoms with Crippen LogP contribution in [-0.2, 0) is 13.6 Å². The van der Waals surface area contributed by atoms with E-state index in [-0.39, 0.29) is 49.3 Å². The van der Waals surface area contributed by atoms with Crippen LogP contribution in [0.25, 0.3) is 11.2 Å². The Kier molecular flexibility index (Phi) is 6.01. The van der Waals surface area contributed by atoms with Gasteiger partial charge in [0.05, 0.1) is 13.2 Å². The Morgan fingerprint density at radius 1 is 1.17 bits per heavy atom. The summed E-state index contributed by atoms with van der Waals surface area (Å²) in [4.78, 5) is 31.2. The van der Waals surface area contributed by atoms with Crippen molar-refractivity contribution in [1.82, 2.24) is 19.1 Å². The van der Waals surface area contributed by atoms with Gasteiger partial charge in [-0.05, 0) is 12.1 Å². The normalized spacial score (nSPS) is 11.6. The van der Waals surface area contributed by atoms with Crippen molar-refractivity contribution < 1.29 is 32.5 Å². The number of nitrogens with one attached hydrogen (secondary N) is 1. The van der Waals surface area contributed by atoms with Crippen LogP contribution in [0.4, 0.5) is 13.2 Å². The molecule has 0 aliphatic carbocycles. The van der Waals surface area contributed by atoms with Gasteiger partial charge in [-0.3, -0.25) is 13.9 Å². The molecule has 0 unspecified atom stereocenters. The van der Waals surface area contributed by atoms with E-state index in [0.717, 1.165) is 21.3 Å². The first-order valence-corrected chi connectivity index (χ1v) is 8.61. The highest BCUT2D eigenvalue weighted by molar-refractivity contribution is 5.70. The van der Waals surface area contributed by atoms with Crippen LogP contribution in [0, 0.1) is 0 Å². The van der Waals surface area contributed by atoms with Gasteiger partial charge in [0.1, 0.15) is 24.7 Å². The predicted octanol–water partition coefficient (Wildman–Crippen LogP) is 0.772. The first kappa shape index (κ1) is 21.2. The number of aromatic amines is 1. The summed E-state index contributed by atoms with van der Waals surface area (Å²) in [6, 6.07) is 4.96. The van der Waals surface area contributed by atoms with Crippen molar-refractivity contribution in [2.24, 2.45) is 7.05 Å². The fourth-order valence-electron chi connectivity index (χ4n) is 2.65. The van der Waals surface area contributed by atoms with Crippen LogP contribution in [0.15, 0.2) is 33.9 Å². The number of alkyl halides is 3. The average molecular weight is 430 g/mol. The van der Waals surface area contributed by atoms with E-state index >= 15 is 0 Å². The van der Waals surface area contributed by atoms with Crippen molar-refractivity contribution in [1.29, 1.82) is 0 Å². The Morgan fingerprint density at radius 3 is 2.57 bits per heavy atom. The summed E-state index contributed by atoms with van der Waals surface area (Å²) in [7, 11) is 1.42. The summed E-state index contributed by atoms with van der Waals surface area (Å²) in [5.74, 6) is -0.280. The molecule has 10 nitrogen and oxygen atoms in total. The van der Waals surface area contributed by atoms with E-state index in [2.05, 4.69) is 14.7 Å². The van der Waals surface area contributed by atoms with Gasteiger partial charge in [0.25, 0.3) is 11.6 Å². The third kappa shape index (κ3) is 4.74. The Morgan fingerprint density at radius 2 is 1.87 bits per heavy atom. The van der Waals surface area contributed by atoms with Gasteiger partial charge in [-0.1, -0.05) is 6.07 Å². The SMILES string of the molecule is Cn1c(=O)n(CCO)c(=O)c2[nH]c(OCCOc3cccc(OC(F)(F)F)c3)nc21. The van der Waals surface area contributed by atoms with E-state index in [1.54, 1.807) is 0 Å². The van der Waals surface area contributed by atoms with Crippen molar-refractivity contribution in [2.45, 2.75) is 12.9 Å². The van der Waals surface area contributed by atoms with Gasteiger partial charge in [0, 0.05) is 13.1 Å². The fourth-order valence-corrected chi connectivity index (χ4v) is 2.65. The Bertz CT molecular complexity index is 1150. The summed E-state index contributed by atoms with van der Waals surface area (Å²) < 4.78 is 53.2. The Balaban J connectivity index is 1.65. The molecule has 2 N–H and O–H groups in total. The lowest BCUT2D eigenvalue weighted by atomic mass is 10.3. The third-order valence-electron chi connectivity index (χ3n) is 3.91. The number of H-pyrrole nitrogens is 1. The minimum atomic E-state index is -4.81. The molecular weight excluding hydrogens is 413 g/mol. The molecule has 13 heteroatoms. The second kappa shape index (κ2) is 8.49. The topological polar surface area (TPSA) is 121 Å². The number of ether oxygens (including phenoxy) is 3. The van der Waals surface area contributed by atoms with Gasteiger partial charge >= 0.3 is 12.1 Å². The lowest BCUT2D eigenvalue weighted by Crippen LogP contribution is -2.39. The van der Waals surface area contributed by atoms with Gasteiger partial charge in [0.2, 0.25) is 0 Å². The van der Waals surface area contributed by atoms with Crippen molar-refractivity contribution >= 4 is 11.2 Å². The molecular formula is C17H17F3N4O6. The summed E-state index contributed by atoms with van der Waals surface area (Å²) in [5.41, 5.74) is -1.18. The molecule has 0 bridgehead atoms. The molecule has 0 aliphatic heterocycles. The molecule has 2 aromatic heterocycles. The van der Waals surface area contributed by atoms with E-state index in [9.17, 15) is 22.8 Å². The monoisotopic (exact) mass is 430 g/mol. The van der Waals surface area contributed by atoms with Crippen LogP contribution >= 0.6 is 0 Å². The molecule has 2 heterocycles. The van der Waals surface area contributed by atoms with E-state index < -0.39 is 23.4 Å². The number of aromatic nitrogens is 4. The number of benzene rings is 1. The molecule has 0 saturated heterocycles. The second-order valence-corrected chi connectivity index (χ2v) is 5.98. The summed E-state index contributed by atoms with van der Waals surface area (Å²) in [6.07, 6.45) is -4.81. The summed E-state index contributed by atoms with van der Waals surface area (Å²) in [5, 5.41) is 9.01. The molecule has 0 spiro atoms. The Labute approximate surface area is 166 Å². The molecule has 30 heavy (non-hydrogen) atoms. The maximum absolute atomic E-state index is 12.3. The Hall–Kier alpha value is -3.48. The highest BCUT2D eigenvalue weighted by Crippen LogP contribution is 2.26. The van der Waals surface area contributed by atoms with Crippen LogP contribution in [0.3, 0.4) is 0 Å². The number of aryl methyl sites for hydroxylation is 1. The fraction of sp³-hybridized carbons (Fsp3) is 0.353. The molecule has 1 aromatic carbocycles. The van der Waals surface area contributed by atoms with Crippen LogP contribution < -0.4 is 25.5 Å². The smallest absolute Gasteiger partial charge is 0.490 e. The number of aliphatic hydroxyl groups excluding tert-OH is 1. The number of fused-ring (bicyclic) bond motifs is 1. The number of halogens is 3. The van der Waals surface area contributed by atoms with Crippen LogP contribution in [0.1, 0.15) is 0 Å². The number of rotatable bonds is 8. The lowest BCUT2D eigenvalue weighted by Gasteiger charge is -2.11. The number of imidazole rings is 1. The van der Waals surface area contributed by atoms with Gasteiger partial charge in [-0.2, -0.15) is 4.98 Å². The number of hydrogen-bond donors (Lipinski definition) is 2. The van der Waals surface area contributed by atoms with Crippen molar-refractivity contribution in [3.63, 3.8) is 0 Å². The molecule has 3 rings (SSSR count). The second-order valence-electron chi connectivity index (χ2n) is 5.98. The first-order chi connectivity index (χ1) is 14.2. The highest BCUT2D eigenvalue weighted by Gasteiger charge is 2.31. The van der Waals surface area contributed by atoms with E-state index in [1.807, 2.05) is 0 Å². The molecule has 3 aromatic rings. The van der Waals surface area contributed by atoms with Gasteiger partial charge in [0.15, 0.2) is 11.2 Å².